The van der Waals surface area contributed by atoms with E-state index in [1.165, 1.54) is 18.2 Å². The molecule has 0 spiro atoms. The molecule has 0 heterocycles. The zero-order chi connectivity index (χ0) is 15.2. The molecule has 0 fully saturated rings. The summed E-state index contributed by atoms with van der Waals surface area (Å²) < 4.78 is 19.2. The Balaban J connectivity index is 2.00. The lowest BCUT2D eigenvalue weighted by molar-refractivity contribution is -0.384. The number of nitrogens with two attached hydrogens (primary N) is 1. The van der Waals surface area contributed by atoms with Gasteiger partial charge in [0.25, 0.3) is 5.69 Å². The monoisotopic (exact) mass is 290 g/mol. The molecule has 110 valence electrons. The Morgan fingerprint density at radius 2 is 1.81 bits per heavy atom. The zero-order valence-corrected chi connectivity index (χ0v) is 11.3. The summed E-state index contributed by atoms with van der Waals surface area (Å²) in [5.74, 6) is -0.294. The first-order valence-corrected chi connectivity index (χ1v) is 6.45. The van der Waals surface area contributed by atoms with E-state index in [9.17, 15) is 14.5 Å². The number of nitro groups is 1. The summed E-state index contributed by atoms with van der Waals surface area (Å²) in [4.78, 5) is 10.1. The van der Waals surface area contributed by atoms with Crippen LogP contribution in [-0.4, -0.2) is 11.5 Å². The van der Waals surface area contributed by atoms with Gasteiger partial charge >= 0.3 is 0 Å². The van der Waals surface area contributed by atoms with Gasteiger partial charge in [0.15, 0.2) is 11.6 Å². The minimum Gasteiger partial charge on any atom is -0.486 e. The Kier molecular flexibility index (Phi) is 4.84. The van der Waals surface area contributed by atoms with Gasteiger partial charge in [-0.1, -0.05) is 6.07 Å². The second kappa shape index (κ2) is 6.81. The normalized spacial score (nSPS) is 10.4. The maximum atomic E-state index is 13.8. The Morgan fingerprint density at radius 3 is 2.38 bits per heavy atom. The molecule has 0 aliphatic heterocycles. The lowest BCUT2D eigenvalue weighted by atomic mass is 10.1. The van der Waals surface area contributed by atoms with Crippen molar-refractivity contribution in [1.29, 1.82) is 0 Å². The van der Waals surface area contributed by atoms with E-state index < -0.39 is 10.7 Å². The molecule has 0 atom stereocenters. The van der Waals surface area contributed by atoms with Crippen LogP contribution in [0.5, 0.6) is 5.75 Å². The van der Waals surface area contributed by atoms with Crippen molar-refractivity contribution < 1.29 is 14.1 Å². The summed E-state index contributed by atoms with van der Waals surface area (Å²) in [7, 11) is 0. The van der Waals surface area contributed by atoms with Crippen LogP contribution in [0.2, 0.25) is 0 Å². The topological polar surface area (TPSA) is 78.4 Å². The third kappa shape index (κ3) is 4.00. The Labute approximate surface area is 121 Å². The van der Waals surface area contributed by atoms with E-state index in [0.717, 1.165) is 11.1 Å². The third-order valence-electron chi connectivity index (χ3n) is 2.97. The lowest BCUT2D eigenvalue weighted by Gasteiger charge is -2.08. The van der Waals surface area contributed by atoms with Gasteiger partial charge in [-0.15, -0.1) is 0 Å². The van der Waals surface area contributed by atoms with Gasteiger partial charge in [-0.05, 0) is 48.4 Å². The van der Waals surface area contributed by atoms with Crippen molar-refractivity contribution in [3.63, 3.8) is 0 Å². The molecule has 0 radical (unpaired) electrons. The summed E-state index contributed by atoms with van der Waals surface area (Å²) >= 11 is 0. The standard InChI is InChI=1S/C15H15FN2O3/c16-14-9-11(7-8-17)3-6-15(14)21-10-12-1-4-13(5-2-12)18(19)20/h1-6,9H,7-8,10,17H2. The van der Waals surface area contributed by atoms with Crippen molar-refractivity contribution in [3.05, 3.63) is 69.5 Å². The highest BCUT2D eigenvalue weighted by Gasteiger charge is 2.07. The molecule has 2 aromatic carbocycles. The van der Waals surface area contributed by atoms with Crippen molar-refractivity contribution in [2.24, 2.45) is 5.73 Å². The van der Waals surface area contributed by atoms with Crippen molar-refractivity contribution >= 4 is 5.69 Å². The van der Waals surface area contributed by atoms with Crippen LogP contribution in [0.3, 0.4) is 0 Å². The molecule has 0 aliphatic carbocycles. The lowest BCUT2D eigenvalue weighted by Crippen LogP contribution is -2.03. The van der Waals surface area contributed by atoms with Gasteiger partial charge in [0.05, 0.1) is 4.92 Å². The number of ether oxygens (including phenoxy) is 1. The predicted molar refractivity (Wildman–Crippen MR) is 76.6 cm³/mol. The molecule has 0 saturated heterocycles. The second-order valence-electron chi connectivity index (χ2n) is 4.52. The highest BCUT2D eigenvalue weighted by molar-refractivity contribution is 5.33. The molecular formula is C15H15FN2O3. The van der Waals surface area contributed by atoms with E-state index in [4.69, 9.17) is 10.5 Å². The molecule has 0 unspecified atom stereocenters. The second-order valence-corrected chi connectivity index (χ2v) is 4.52. The quantitative estimate of drug-likeness (QED) is 0.655. The van der Waals surface area contributed by atoms with Gasteiger partial charge in [-0.25, -0.2) is 4.39 Å². The fourth-order valence-corrected chi connectivity index (χ4v) is 1.86. The highest BCUT2D eigenvalue weighted by Crippen LogP contribution is 2.20. The van der Waals surface area contributed by atoms with Crippen LogP contribution in [0.4, 0.5) is 10.1 Å². The van der Waals surface area contributed by atoms with E-state index in [0.29, 0.717) is 13.0 Å². The Bertz CT molecular complexity index is 629. The number of non-ortho nitro benzene ring substituents is 1. The smallest absolute Gasteiger partial charge is 0.269 e. The van der Waals surface area contributed by atoms with E-state index in [2.05, 4.69) is 0 Å². The van der Waals surface area contributed by atoms with Gasteiger partial charge in [0.2, 0.25) is 0 Å². The van der Waals surface area contributed by atoms with Crippen LogP contribution in [0, 0.1) is 15.9 Å². The predicted octanol–water partition coefficient (Wildman–Crippen LogP) is 2.81. The van der Waals surface area contributed by atoms with Gasteiger partial charge < -0.3 is 10.5 Å². The van der Waals surface area contributed by atoms with Crippen molar-refractivity contribution in [2.75, 3.05) is 6.54 Å². The Morgan fingerprint density at radius 1 is 1.14 bits per heavy atom. The summed E-state index contributed by atoms with van der Waals surface area (Å²) in [5, 5.41) is 10.5. The molecule has 21 heavy (non-hydrogen) atoms. The summed E-state index contributed by atoms with van der Waals surface area (Å²) in [6.07, 6.45) is 0.611. The molecule has 5 nitrogen and oxygen atoms in total. The maximum Gasteiger partial charge on any atom is 0.269 e. The molecule has 2 aromatic rings. The molecule has 2 N–H and O–H groups in total. The molecule has 6 heteroatoms. The van der Waals surface area contributed by atoms with E-state index in [1.54, 1.807) is 24.3 Å². The minimum atomic E-state index is -0.472. The van der Waals surface area contributed by atoms with Gasteiger partial charge in [0.1, 0.15) is 6.61 Å². The van der Waals surface area contributed by atoms with Crippen LogP contribution < -0.4 is 10.5 Å². The van der Waals surface area contributed by atoms with E-state index >= 15 is 0 Å². The molecule has 0 amide bonds. The number of hydrogen-bond acceptors (Lipinski definition) is 4. The average Bonchev–Trinajstić information content (AvgIpc) is 2.47. The summed E-state index contributed by atoms with van der Waals surface area (Å²) in [6.45, 7) is 0.605. The van der Waals surface area contributed by atoms with Crippen LogP contribution in [0.1, 0.15) is 11.1 Å². The van der Waals surface area contributed by atoms with E-state index in [-0.39, 0.29) is 18.0 Å². The van der Waals surface area contributed by atoms with Crippen molar-refractivity contribution in [2.45, 2.75) is 13.0 Å². The molecule has 0 aliphatic rings. The first-order chi connectivity index (χ1) is 10.1. The van der Waals surface area contributed by atoms with Crippen molar-refractivity contribution in [1.82, 2.24) is 0 Å². The highest BCUT2D eigenvalue weighted by atomic mass is 19.1. The summed E-state index contributed by atoms with van der Waals surface area (Å²) in [5.41, 5.74) is 6.97. The van der Waals surface area contributed by atoms with Gasteiger partial charge in [-0.3, -0.25) is 10.1 Å². The first kappa shape index (κ1) is 14.9. The number of benzene rings is 2. The molecule has 0 aromatic heterocycles. The van der Waals surface area contributed by atoms with Crippen LogP contribution in [-0.2, 0) is 13.0 Å². The van der Waals surface area contributed by atoms with Crippen molar-refractivity contribution in [3.8, 4) is 5.75 Å². The van der Waals surface area contributed by atoms with E-state index in [1.807, 2.05) is 0 Å². The number of halogens is 1. The molecular weight excluding hydrogens is 275 g/mol. The summed E-state index contributed by atoms with van der Waals surface area (Å²) in [6, 6.07) is 10.7. The largest absolute Gasteiger partial charge is 0.486 e. The third-order valence-corrected chi connectivity index (χ3v) is 2.97. The Hall–Kier alpha value is -2.47. The SMILES string of the molecule is NCCc1ccc(OCc2ccc([N+](=O)[O-])cc2)c(F)c1. The van der Waals surface area contributed by atoms with Crippen LogP contribution in [0.15, 0.2) is 42.5 Å². The number of nitro benzene ring substituents is 1. The minimum absolute atomic E-state index is 0.0102. The number of rotatable bonds is 6. The number of nitrogens with zero attached hydrogens (tertiary/aromatic N) is 1. The molecule has 0 bridgehead atoms. The van der Waals surface area contributed by atoms with Crippen LogP contribution in [0.25, 0.3) is 0 Å². The average molecular weight is 290 g/mol. The maximum absolute atomic E-state index is 13.8. The van der Waals surface area contributed by atoms with Gasteiger partial charge in [-0.2, -0.15) is 0 Å². The zero-order valence-electron chi connectivity index (χ0n) is 11.3. The first-order valence-electron chi connectivity index (χ1n) is 6.45. The number of hydrogen-bond donors (Lipinski definition) is 1. The fraction of sp³-hybridized carbons (Fsp3) is 0.200. The molecule has 0 saturated carbocycles. The molecule has 2 rings (SSSR count). The van der Waals surface area contributed by atoms with Crippen LogP contribution >= 0.6 is 0 Å². The fourth-order valence-electron chi connectivity index (χ4n) is 1.86. The van der Waals surface area contributed by atoms with Gasteiger partial charge in [0, 0.05) is 12.1 Å².